The molecule has 0 radical (unpaired) electrons. The third-order valence-electron chi connectivity index (χ3n) is 4.07. The molecule has 150 valence electrons. The second-order valence-electron chi connectivity index (χ2n) is 6.73. The summed E-state index contributed by atoms with van der Waals surface area (Å²) in [7, 11) is 1.50. The standard InChI is InChI=1S/C21H25ClN2O4/c1-12(2)16-10-17(22)13(3)8-20(16)28-11-21(26)24-18-9-15(23-14(4)25)6-7-19(18)27-5/h6-10,12H,11H2,1-5H3,(H,23,25)(H,24,26). The first kappa shape index (κ1) is 21.6. The lowest BCUT2D eigenvalue weighted by atomic mass is 10.0. The summed E-state index contributed by atoms with van der Waals surface area (Å²) in [6, 6.07) is 8.70. The number of hydrogen-bond acceptors (Lipinski definition) is 4. The first-order chi connectivity index (χ1) is 13.2. The molecule has 28 heavy (non-hydrogen) atoms. The molecule has 0 aliphatic carbocycles. The van der Waals surface area contributed by atoms with Crippen LogP contribution in [0.5, 0.6) is 11.5 Å². The number of nitrogens with one attached hydrogen (secondary N) is 2. The number of carbonyl (C=O) groups is 2. The number of amides is 2. The fraction of sp³-hybridized carbons (Fsp3) is 0.333. The zero-order valence-electron chi connectivity index (χ0n) is 16.7. The minimum Gasteiger partial charge on any atom is -0.495 e. The average molecular weight is 405 g/mol. The summed E-state index contributed by atoms with van der Waals surface area (Å²) in [5, 5.41) is 6.09. The lowest BCUT2D eigenvalue weighted by molar-refractivity contribution is -0.118. The molecule has 0 bridgehead atoms. The summed E-state index contributed by atoms with van der Waals surface area (Å²) in [6.07, 6.45) is 0. The van der Waals surface area contributed by atoms with Crippen molar-refractivity contribution in [3.8, 4) is 11.5 Å². The molecule has 2 aromatic carbocycles. The predicted octanol–water partition coefficient (Wildman–Crippen LogP) is 4.76. The molecule has 0 atom stereocenters. The molecule has 0 aliphatic heterocycles. The van der Waals surface area contributed by atoms with Crippen LogP contribution in [-0.4, -0.2) is 25.5 Å². The number of anilines is 2. The Bertz CT molecular complexity index is 881. The Morgan fingerprint density at radius 1 is 1.11 bits per heavy atom. The largest absolute Gasteiger partial charge is 0.495 e. The Kier molecular flexibility index (Phi) is 7.29. The van der Waals surface area contributed by atoms with E-state index in [1.807, 2.05) is 32.9 Å². The molecule has 0 aliphatic rings. The molecule has 2 amide bonds. The van der Waals surface area contributed by atoms with Crippen molar-refractivity contribution >= 4 is 34.8 Å². The molecule has 0 fully saturated rings. The third kappa shape index (κ3) is 5.63. The Balaban J connectivity index is 2.13. The number of halogens is 1. The van der Waals surface area contributed by atoms with E-state index in [1.54, 1.807) is 18.2 Å². The molecule has 7 heteroatoms. The minimum atomic E-state index is -0.347. The number of carbonyl (C=O) groups excluding carboxylic acids is 2. The van der Waals surface area contributed by atoms with Crippen molar-refractivity contribution in [2.75, 3.05) is 24.4 Å². The fourth-order valence-electron chi connectivity index (χ4n) is 2.66. The van der Waals surface area contributed by atoms with Crippen LogP contribution in [0, 0.1) is 6.92 Å². The van der Waals surface area contributed by atoms with Gasteiger partial charge in [-0.25, -0.2) is 0 Å². The molecule has 0 saturated heterocycles. The van der Waals surface area contributed by atoms with Crippen molar-refractivity contribution in [2.24, 2.45) is 0 Å². The lowest BCUT2D eigenvalue weighted by Crippen LogP contribution is -2.21. The summed E-state index contributed by atoms with van der Waals surface area (Å²) in [5.74, 6) is 0.759. The van der Waals surface area contributed by atoms with Gasteiger partial charge < -0.3 is 20.1 Å². The Morgan fingerprint density at radius 3 is 2.43 bits per heavy atom. The summed E-state index contributed by atoms with van der Waals surface area (Å²) in [4.78, 5) is 23.7. The molecule has 2 aromatic rings. The Labute approximate surface area is 170 Å². The number of rotatable bonds is 7. The highest BCUT2D eigenvalue weighted by Crippen LogP contribution is 2.32. The van der Waals surface area contributed by atoms with E-state index in [9.17, 15) is 9.59 Å². The van der Waals surface area contributed by atoms with Crippen LogP contribution in [0.3, 0.4) is 0 Å². The maximum atomic E-state index is 12.4. The van der Waals surface area contributed by atoms with Crippen LogP contribution in [0.1, 0.15) is 37.8 Å². The van der Waals surface area contributed by atoms with Gasteiger partial charge in [0.25, 0.3) is 5.91 Å². The smallest absolute Gasteiger partial charge is 0.262 e. The summed E-state index contributed by atoms with van der Waals surface area (Å²) < 4.78 is 11.0. The van der Waals surface area contributed by atoms with E-state index in [0.29, 0.717) is 27.9 Å². The summed E-state index contributed by atoms with van der Waals surface area (Å²) in [5.41, 5.74) is 2.82. The van der Waals surface area contributed by atoms with E-state index in [0.717, 1.165) is 11.1 Å². The molecular formula is C21H25ClN2O4. The topological polar surface area (TPSA) is 76.7 Å². The maximum Gasteiger partial charge on any atom is 0.262 e. The van der Waals surface area contributed by atoms with Crippen molar-refractivity contribution in [1.82, 2.24) is 0 Å². The second-order valence-corrected chi connectivity index (χ2v) is 7.13. The van der Waals surface area contributed by atoms with Crippen LogP contribution < -0.4 is 20.1 Å². The van der Waals surface area contributed by atoms with E-state index in [4.69, 9.17) is 21.1 Å². The normalized spacial score (nSPS) is 10.5. The minimum absolute atomic E-state index is 0.172. The zero-order chi connectivity index (χ0) is 20.8. The van der Waals surface area contributed by atoms with Gasteiger partial charge in [-0.2, -0.15) is 0 Å². The predicted molar refractivity (Wildman–Crippen MR) is 112 cm³/mol. The number of hydrogen-bond donors (Lipinski definition) is 2. The van der Waals surface area contributed by atoms with Crippen molar-refractivity contribution < 1.29 is 19.1 Å². The zero-order valence-corrected chi connectivity index (χ0v) is 17.4. The molecule has 0 heterocycles. The van der Waals surface area contributed by atoms with Crippen molar-refractivity contribution in [3.63, 3.8) is 0 Å². The van der Waals surface area contributed by atoms with E-state index >= 15 is 0 Å². The monoisotopic (exact) mass is 404 g/mol. The van der Waals surface area contributed by atoms with Gasteiger partial charge in [0.2, 0.25) is 5.91 Å². The molecular weight excluding hydrogens is 380 g/mol. The number of methoxy groups -OCH3 is 1. The first-order valence-electron chi connectivity index (χ1n) is 8.89. The van der Waals surface area contributed by atoms with Crippen LogP contribution in [0.15, 0.2) is 30.3 Å². The van der Waals surface area contributed by atoms with E-state index in [-0.39, 0.29) is 24.3 Å². The van der Waals surface area contributed by atoms with E-state index < -0.39 is 0 Å². The van der Waals surface area contributed by atoms with E-state index in [2.05, 4.69) is 10.6 Å². The molecule has 2 N–H and O–H groups in total. The van der Waals surface area contributed by atoms with Crippen LogP contribution >= 0.6 is 11.6 Å². The summed E-state index contributed by atoms with van der Waals surface area (Å²) in [6.45, 7) is 7.20. The van der Waals surface area contributed by atoms with Crippen LogP contribution in [0.2, 0.25) is 5.02 Å². The van der Waals surface area contributed by atoms with E-state index in [1.165, 1.54) is 14.0 Å². The molecule has 2 rings (SSSR count). The summed E-state index contributed by atoms with van der Waals surface area (Å²) >= 11 is 6.21. The average Bonchev–Trinajstić information content (AvgIpc) is 2.62. The number of benzene rings is 2. The SMILES string of the molecule is COc1ccc(NC(C)=O)cc1NC(=O)COc1cc(C)c(Cl)cc1C(C)C. The molecule has 0 aromatic heterocycles. The van der Waals surface area contributed by atoms with Gasteiger partial charge in [-0.05, 0) is 54.3 Å². The van der Waals surface area contributed by atoms with Crippen LogP contribution in [-0.2, 0) is 9.59 Å². The Hall–Kier alpha value is -2.73. The first-order valence-corrected chi connectivity index (χ1v) is 9.27. The Morgan fingerprint density at radius 2 is 1.82 bits per heavy atom. The van der Waals surface area contributed by atoms with Gasteiger partial charge in [-0.1, -0.05) is 25.4 Å². The van der Waals surface area contributed by atoms with Gasteiger partial charge >= 0.3 is 0 Å². The van der Waals surface area contributed by atoms with Gasteiger partial charge in [0.15, 0.2) is 6.61 Å². The van der Waals surface area contributed by atoms with Crippen molar-refractivity contribution in [3.05, 3.63) is 46.5 Å². The lowest BCUT2D eigenvalue weighted by Gasteiger charge is -2.16. The number of aryl methyl sites for hydroxylation is 1. The van der Waals surface area contributed by atoms with Gasteiger partial charge in [0.1, 0.15) is 11.5 Å². The van der Waals surface area contributed by atoms with Crippen LogP contribution in [0.25, 0.3) is 0 Å². The highest BCUT2D eigenvalue weighted by molar-refractivity contribution is 6.31. The highest BCUT2D eigenvalue weighted by atomic mass is 35.5. The third-order valence-corrected chi connectivity index (χ3v) is 4.47. The van der Waals surface area contributed by atoms with Crippen molar-refractivity contribution in [1.29, 1.82) is 0 Å². The van der Waals surface area contributed by atoms with Crippen LogP contribution in [0.4, 0.5) is 11.4 Å². The maximum absolute atomic E-state index is 12.4. The molecule has 0 saturated carbocycles. The second kappa shape index (κ2) is 9.46. The van der Waals surface area contributed by atoms with Crippen molar-refractivity contribution in [2.45, 2.75) is 33.6 Å². The number of ether oxygens (including phenoxy) is 2. The highest BCUT2D eigenvalue weighted by Gasteiger charge is 2.14. The van der Waals surface area contributed by atoms with Gasteiger partial charge in [0.05, 0.1) is 12.8 Å². The van der Waals surface area contributed by atoms with Gasteiger partial charge in [-0.15, -0.1) is 0 Å². The molecule has 0 unspecified atom stereocenters. The molecule has 6 nitrogen and oxygen atoms in total. The molecule has 0 spiro atoms. The quantitative estimate of drug-likeness (QED) is 0.697. The van der Waals surface area contributed by atoms with Gasteiger partial charge in [-0.3, -0.25) is 9.59 Å². The fourth-order valence-corrected chi connectivity index (χ4v) is 2.83. The van der Waals surface area contributed by atoms with Gasteiger partial charge in [0, 0.05) is 17.6 Å².